The first-order valence-corrected chi connectivity index (χ1v) is 19.0. The van der Waals surface area contributed by atoms with Crippen molar-refractivity contribution in [3.05, 3.63) is 75.7 Å². The molecule has 2 heterocycles. The fourth-order valence-corrected chi connectivity index (χ4v) is 7.69. The van der Waals surface area contributed by atoms with Gasteiger partial charge in [-0.05, 0) is 53.5 Å². The zero-order chi connectivity index (χ0) is 33.6. The maximum atomic E-state index is 14.0. The first-order valence-electron chi connectivity index (χ1n) is 15.1. The number of thioether (sulfide) groups is 1. The Morgan fingerprint density at radius 3 is 2.22 bits per heavy atom. The first kappa shape index (κ1) is 35.5. The highest BCUT2D eigenvalue weighted by atomic mass is 32.2. The fourth-order valence-electron chi connectivity index (χ4n) is 5.17. The monoisotopic (exact) mass is 670 g/mol. The fraction of sp³-hybridized carbons (Fsp3) is 0.531. The minimum absolute atomic E-state index is 0.0793. The Morgan fingerprint density at radius 1 is 1.04 bits per heavy atom. The topological polar surface area (TPSA) is 149 Å². The molecule has 1 saturated heterocycles. The molecule has 0 aliphatic carbocycles. The number of esters is 1. The van der Waals surface area contributed by atoms with Crippen LogP contribution in [0.5, 0.6) is 5.75 Å². The van der Waals surface area contributed by atoms with Crippen molar-refractivity contribution in [2.24, 2.45) is 5.11 Å². The molecule has 2 aromatic carbocycles. The van der Waals surface area contributed by atoms with Crippen molar-refractivity contribution in [3.8, 4) is 5.75 Å². The molecule has 2 aliphatic rings. The molecular weight excluding hydrogens is 629 g/mol. The van der Waals surface area contributed by atoms with Gasteiger partial charge in [-0.3, -0.25) is 19.3 Å². The molecule has 46 heavy (non-hydrogen) atoms. The van der Waals surface area contributed by atoms with Gasteiger partial charge in [0.25, 0.3) is 11.8 Å². The molecule has 5 atom stereocenters. The van der Waals surface area contributed by atoms with Gasteiger partial charge in [0.15, 0.2) is 8.32 Å². The van der Waals surface area contributed by atoms with Gasteiger partial charge in [-0.25, -0.2) is 0 Å². The van der Waals surface area contributed by atoms with E-state index in [1.807, 2.05) is 24.3 Å². The van der Waals surface area contributed by atoms with Gasteiger partial charge in [0.1, 0.15) is 23.3 Å². The quantitative estimate of drug-likeness (QED) is 0.0628. The van der Waals surface area contributed by atoms with Crippen LogP contribution in [0.2, 0.25) is 18.1 Å². The lowest BCUT2D eigenvalue weighted by atomic mass is 9.96. The van der Waals surface area contributed by atoms with E-state index in [1.54, 1.807) is 31.4 Å². The second-order valence-electron chi connectivity index (χ2n) is 12.6. The van der Waals surface area contributed by atoms with Crippen molar-refractivity contribution < 1.29 is 37.8 Å². The highest BCUT2D eigenvalue weighted by molar-refractivity contribution is 7.99. The van der Waals surface area contributed by atoms with Crippen LogP contribution in [0.4, 0.5) is 0 Å². The lowest BCUT2D eigenvalue weighted by molar-refractivity contribution is -0.187. The summed E-state index contributed by atoms with van der Waals surface area (Å²) in [7, 11) is 0.300. The van der Waals surface area contributed by atoms with Crippen LogP contribution in [0.1, 0.15) is 53.5 Å². The van der Waals surface area contributed by atoms with E-state index in [1.165, 1.54) is 23.8 Å². The van der Waals surface area contributed by atoms with E-state index in [0.717, 1.165) is 5.56 Å². The van der Waals surface area contributed by atoms with Crippen LogP contribution in [0.25, 0.3) is 10.4 Å². The van der Waals surface area contributed by atoms with E-state index in [-0.39, 0.29) is 30.4 Å². The van der Waals surface area contributed by atoms with E-state index >= 15 is 0 Å². The number of nitrogens with zero attached hydrogens (tertiary/aromatic N) is 4. The van der Waals surface area contributed by atoms with Gasteiger partial charge in [-0.1, -0.05) is 50.2 Å². The Kier molecular flexibility index (Phi) is 11.6. The number of fused-ring (bicyclic) bond motifs is 1. The molecule has 2 aromatic rings. The van der Waals surface area contributed by atoms with Gasteiger partial charge in [-0.15, -0.1) is 11.8 Å². The SMILES string of the molecule is COC(=O)CCS[C@@H]1O[C@H](CN=[N+]=[N-])[C@@H](OCc2ccc(OC)cc2)[C@H](O[Si](C)(C)C(C)(C)C)[C@H]1N1C(=O)c2ccccc2C1=O. The molecule has 14 heteroatoms. The lowest BCUT2D eigenvalue weighted by Crippen LogP contribution is -2.67. The molecule has 0 radical (unpaired) electrons. The molecule has 0 saturated carbocycles. The Balaban J connectivity index is 1.82. The molecule has 0 unspecified atom stereocenters. The van der Waals surface area contributed by atoms with Crippen molar-refractivity contribution in [2.45, 2.75) is 81.7 Å². The number of carbonyl (C=O) groups excluding carboxylic acids is 3. The van der Waals surface area contributed by atoms with Crippen molar-refractivity contribution in [1.82, 2.24) is 4.90 Å². The van der Waals surface area contributed by atoms with Gasteiger partial charge >= 0.3 is 5.97 Å². The summed E-state index contributed by atoms with van der Waals surface area (Å²) in [6.45, 7) is 10.5. The third kappa shape index (κ3) is 7.76. The zero-order valence-electron chi connectivity index (χ0n) is 27.3. The van der Waals surface area contributed by atoms with Gasteiger partial charge in [0, 0.05) is 10.7 Å². The number of methoxy groups -OCH3 is 2. The summed E-state index contributed by atoms with van der Waals surface area (Å²) in [5, 5.41) is 3.58. The number of imide groups is 1. The zero-order valence-corrected chi connectivity index (χ0v) is 29.1. The molecule has 2 aliphatic heterocycles. The minimum Gasteiger partial charge on any atom is -0.497 e. The summed E-state index contributed by atoms with van der Waals surface area (Å²) >= 11 is 1.28. The van der Waals surface area contributed by atoms with Crippen LogP contribution in [-0.2, 0) is 30.0 Å². The largest absolute Gasteiger partial charge is 0.497 e. The smallest absolute Gasteiger partial charge is 0.306 e. The summed E-state index contributed by atoms with van der Waals surface area (Å²) in [6, 6.07) is 13.2. The van der Waals surface area contributed by atoms with Crippen LogP contribution in [0.3, 0.4) is 0 Å². The van der Waals surface area contributed by atoms with Crippen LogP contribution >= 0.6 is 11.8 Å². The molecule has 2 amide bonds. The maximum Gasteiger partial charge on any atom is 0.306 e. The van der Waals surface area contributed by atoms with Gasteiger partial charge in [-0.2, -0.15) is 0 Å². The van der Waals surface area contributed by atoms with Gasteiger partial charge in [0.2, 0.25) is 0 Å². The predicted octanol–water partition coefficient (Wildman–Crippen LogP) is 5.97. The maximum absolute atomic E-state index is 14.0. The molecule has 12 nitrogen and oxygen atoms in total. The Labute approximate surface area is 274 Å². The third-order valence-electron chi connectivity index (χ3n) is 8.72. The van der Waals surface area contributed by atoms with E-state index in [9.17, 15) is 19.9 Å². The molecule has 4 rings (SSSR count). The van der Waals surface area contributed by atoms with Crippen molar-refractivity contribution >= 4 is 37.9 Å². The molecule has 0 spiro atoms. The molecular formula is C32H42N4O8SSi. The van der Waals surface area contributed by atoms with Crippen LogP contribution in [0.15, 0.2) is 53.6 Å². The Morgan fingerprint density at radius 2 is 1.67 bits per heavy atom. The van der Waals surface area contributed by atoms with E-state index in [4.69, 9.17) is 23.4 Å². The number of ether oxygens (including phenoxy) is 4. The molecule has 0 bridgehead atoms. The summed E-state index contributed by atoms with van der Waals surface area (Å²) < 4.78 is 30.4. The number of amides is 2. The summed E-state index contributed by atoms with van der Waals surface area (Å²) in [5.74, 6) is -0.336. The van der Waals surface area contributed by atoms with Crippen molar-refractivity contribution in [3.63, 3.8) is 0 Å². The highest BCUT2D eigenvalue weighted by Gasteiger charge is 2.56. The van der Waals surface area contributed by atoms with Gasteiger partial charge < -0.3 is 23.4 Å². The normalized spacial score (nSPS) is 23.1. The Bertz CT molecular complexity index is 1430. The number of azide groups is 1. The van der Waals surface area contributed by atoms with E-state index in [2.05, 4.69) is 43.9 Å². The number of hydrogen-bond acceptors (Lipinski definition) is 10. The average molecular weight is 671 g/mol. The number of benzene rings is 2. The lowest BCUT2D eigenvalue weighted by Gasteiger charge is -2.52. The van der Waals surface area contributed by atoms with Crippen LogP contribution in [-0.4, -0.2) is 87.3 Å². The first-order chi connectivity index (χ1) is 21.8. The van der Waals surface area contributed by atoms with E-state index < -0.39 is 55.9 Å². The highest BCUT2D eigenvalue weighted by Crippen LogP contribution is 2.44. The summed E-state index contributed by atoms with van der Waals surface area (Å²) in [6.07, 6.45) is -2.40. The van der Waals surface area contributed by atoms with Crippen molar-refractivity contribution in [1.29, 1.82) is 0 Å². The van der Waals surface area contributed by atoms with Crippen LogP contribution in [0, 0.1) is 0 Å². The summed E-state index contributed by atoms with van der Waals surface area (Å²) in [4.78, 5) is 44.2. The molecule has 1 fully saturated rings. The molecule has 0 N–H and O–H groups in total. The third-order valence-corrected chi connectivity index (χ3v) is 14.3. The second kappa shape index (κ2) is 15.0. The van der Waals surface area contributed by atoms with Crippen LogP contribution < -0.4 is 4.74 Å². The number of rotatable bonds is 13. The predicted molar refractivity (Wildman–Crippen MR) is 176 cm³/mol. The second-order valence-corrected chi connectivity index (χ2v) is 18.6. The van der Waals surface area contributed by atoms with Crippen molar-refractivity contribution in [2.75, 3.05) is 26.5 Å². The molecule has 248 valence electrons. The minimum atomic E-state index is -2.60. The Hall–Kier alpha value is -3.39. The molecule has 0 aromatic heterocycles. The summed E-state index contributed by atoms with van der Waals surface area (Å²) in [5.41, 5.74) is 9.87. The number of hydrogen-bond donors (Lipinski definition) is 0. The number of carbonyl (C=O) groups is 3. The van der Waals surface area contributed by atoms with E-state index in [0.29, 0.717) is 16.9 Å². The average Bonchev–Trinajstić information content (AvgIpc) is 3.28. The van der Waals surface area contributed by atoms with Gasteiger partial charge in [0.05, 0.1) is 57.1 Å². The standard InChI is InChI=1S/C32H42N4O8SSi/c1-32(2,3)46(6,7)44-28-26(36-29(38)22-10-8-9-11-23(22)30(36)39)31(45-17-16-25(37)41-5)43-24(18-34-35-33)27(28)42-19-20-12-14-21(40-4)15-13-20/h8-15,24,26-28,31H,16-19H2,1-7H3/t24-,26-,27-,28-,31+/m1/s1.